The number of nitro groups is 1. The van der Waals surface area contributed by atoms with Crippen LogP contribution in [0.4, 0.5) is 5.69 Å². The van der Waals surface area contributed by atoms with Crippen molar-refractivity contribution in [1.82, 2.24) is 15.6 Å². The first-order chi connectivity index (χ1) is 11.5. The molecule has 2 heterocycles. The summed E-state index contributed by atoms with van der Waals surface area (Å²) in [5.74, 6) is 0.253. The van der Waals surface area contributed by atoms with Crippen molar-refractivity contribution in [2.45, 2.75) is 19.4 Å². The van der Waals surface area contributed by atoms with Gasteiger partial charge in [0, 0.05) is 35.7 Å². The zero-order chi connectivity index (χ0) is 17.1. The predicted molar refractivity (Wildman–Crippen MR) is 92.1 cm³/mol. The lowest BCUT2D eigenvalue weighted by molar-refractivity contribution is -0.384. The summed E-state index contributed by atoms with van der Waals surface area (Å²) in [5.41, 5.74) is 1.18. The molecule has 1 aliphatic heterocycles. The smallest absolute Gasteiger partial charge is 0.271 e. The number of rotatable bonds is 4. The summed E-state index contributed by atoms with van der Waals surface area (Å²) in [6, 6.07) is 6.27. The molecule has 7 nitrogen and oxygen atoms in total. The second kappa shape index (κ2) is 7.06. The van der Waals surface area contributed by atoms with E-state index < -0.39 is 4.92 Å². The van der Waals surface area contributed by atoms with E-state index in [1.54, 1.807) is 17.5 Å². The first kappa shape index (κ1) is 16.5. The van der Waals surface area contributed by atoms with Gasteiger partial charge in [0.2, 0.25) is 0 Å². The summed E-state index contributed by atoms with van der Waals surface area (Å²) < 4.78 is 0. The van der Waals surface area contributed by atoms with Crippen LogP contribution in [0, 0.1) is 16.0 Å². The molecule has 1 aliphatic rings. The molecule has 0 aliphatic carbocycles. The Kier molecular flexibility index (Phi) is 4.86. The lowest BCUT2D eigenvalue weighted by Crippen LogP contribution is -2.50. The van der Waals surface area contributed by atoms with Crippen LogP contribution in [0.25, 0.3) is 10.6 Å². The van der Waals surface area contributed by atoms with Crippen molar-refractivity contribution in [3.63, 3.8) is 0 Å². The van der Waals surface area contributed by atoms with Crippen molar-refractivity contribution in [3.05, 3.63) is 45.5 Å². The average Bonchev–Trinajstić information content (AvgIpc) is 3.07. The number of carbonyl (C=O) groups excluding carboxylic acids is 1. The molecule has 8 heteroatoms. The largest absolute Gasteiger partial charge is 0.346 e. The summed E-state index contributed by atoms with van der Waals surface area (Å²) >= 11 is 1.35. The van der Waals surface area contributed by atoms with Crippen molar-refractivity contribution < 1.29 is 9.72 Å². The predicted octanol–water partition coefficient (Wildman–Crippen LogP) is 2.45. The second-order valence-electron chi connectivity index (χ2n) is 5.89. The van der Waals surface area contributed by atoms with Crippen molar-refractivity contribution in [2.75, 3.05) is 13.1 Å². The molecule has 126 valence electrons. The first-order valence-corrected chi connectivity index (χ1v) is 8.64. The molecule has 2 N–H and O–H groups in total. The lowest BCUT2D eigenvalue weighted by Gasteiger charge is -2.29. The molecule has 2 atom stereocenters. The van der Waals surface area contributed by atoms with E-state index in [2.05, 4.69) is 22.5 Å². The minimum atomic E-state index is -0.441. The zero-order valence-electron chi connectivity index (χ0n) is 13.2. The third-order valence-corrected chi connectivity index (χ3v) is 5.10. The van der Waals surface area contributed by atoms with Crippen LogP contribution in [-0.4, -0.2) is 34.9 Å². The minimum absolute atomic E-state index is 0.0343. The van der Waals surface area contributed by atoms with Crippen molar-refractivity contribution in [3.8, 4) is 10.6 Å². The van der Waals surface area contributed by atoms with E-state index in [1.165, 1.54) is 23.5 Å². The quantitative estimate of drug-likeness (QED) is 0.655. The summed E-state index contributed by atoms with van der Waals surface area (Å²) in [7, 11) is 0. The highest BCUT2D eigenvalue weighted by molar-refractivity contribution is 7.13. The molecule has 1 aromatic heterocycles. The Balaban J connectivity index is 1.70. The number of benzene rings is 1. The number of thiazole rings is 1. The lowest BCUT2D eigenvalue weighted by atomic mass is 9.95. The van der Waals surface area contributed by atoms with Gasteiger partial charge in [-0.25, -0.2) is 4.98 Å². The van der Waals surface area contributed by atoms with Gasteiger partial charge in [-0.15, -0.1) is 11.3 Å². The van der Waals surface area contributed by atoms with Gasteiger partial charge in [-0.2, -0.15) is 0 Å². The number of carbonyl (C=O) groups is 1. The molecule has 0 saturated carbocycles. The molecule has 24 heavy (non-hydrogen) atoms. The third kappa shape index (κ3) is 3.60. The van der Waals surface area contributed by atoms with Crippen LogP contribution < -0.4 is 10.6 Å². The number of hydrogen-bond acceptors (Lipinski definition) is 6. The molecule has 1 aromatic carbocycles. The highest BCUT2D eigenvalue weighted by Gasteiger charge is 2.24. The normalized spacial score (nSPS) is 20.5. The molecule has 2 unspecified atom stereocenters. The van der Waals surface area contributed by atoms with Gasteiger partial charge < -0.3 is 10.6 Å². The number of nitrogens with one attached hydrogen (secondary N) is 2. The van der Waals surface area contributed by atoms with Gasteiger partial charge in [0.25, 0.3) is 11.6 Å². The SMILES string of the molecule is CC1CCNCC1NC(=O)c1csc(-c2ccc([N+](=O)[O-])cc2)n1. The van der Waals surface area contributed by atoms with E-state index in [0.717, 1.165) is 25.1 Å². The monoisotopic (exact) mass is 346 g/mol. The number of piperidine rings is 1. The molecular formula is C16H18N4O3S. The topological polar surface area (TPSA) is 97.2 Å². The van der Waals surface area contributed by atoms with Gasteiger partial charge in [0.1, 0.15) is 10.7 Å². The molecule has 3 rings (SSSR count). The zero-order valence-corrected chi connectivity index (χ0v) is 14.0. The summed E-state index contributed by atoms with van der Waals surface area (Å²) in [4.78, 5) is 27.0. The van der Waals surface area contributed by atoms with Crippen LogP contribution in [0.5, 0.6) is 0 Å². The van der Waals surface area contributed by atoms with Gasteiger partial charge in [-0.05, 0) is 31.0 Å². The van der Waals surface area contributed by atoms with Crippen molar-refractivity contribution in [2.24, 2.45) is 5.92 Å². The maximum absolute atomic E-state index is 12.4. The molecule has 0 radical (unpaired) electrons. The molecule has 2 aromatic rings. The van der Waals surface area contributed by atoms with Crippen LogP contribution in [0.15, 0.2) is 29.6 Å². The van der Waals surface area contributed by atoms with E-state index in [0.29, 0.717) is 16.6 Å². The fourth-order valence-corrected chi connectivity index (χ4v) is 3.47. The van der Waals surface area contributed by atoms with Crippen molar-refractivity contribution in [1.29, 1.82) is 0 Å². The summed E-state index contributed by atoms with van der Waals surface area (Å²) in [6.45, 7) is 3.88. The standard InChI is InChI=1S/C16H18N4O3S/c1-10-6-7-17-8-13(10)18-15(21)14-9-24-16(19-14)11-2-4-12(5-3-11)20(22)23/h2-5,9-10,13,17H,6-8H2,1H3,(H,18,21). The highest BCUT2D eigenvalue weighted by Crippen LogP contribution is 2.26. The van der Waals surface area contributed by atoms with Gasteiger partial charge in [0.05, 0.1) is 4.92 Å². The van der Waals surface area contributed by atoms with Crippen LogP contribution in [0.3, 0.4) is 0 Å². The van der Waals surface area contributed by atoms with E-state index in [-0.39, 0.29) is 17.6 Å². The number of aromatic nitrogens is 1. The maximum Gasteiger partial charge on any atom is 0.271 e. The minimum Gasteiger partial charge on any atom is -0.346 e. The Bertz CT molecular complexity index is 744. The third-order valence-electron chi connectivity index (χ3n) is 4.21. The summed E-state index contributed by atoms with van der Waals surface area (Å²) in [6.07, 6.45) is 1.04. The van der Waals surface area contributed by atoms with Gasteiger partial charge in [0.15, 0.2) is 0 Å². The Labute approximate surface area is 143 Å². The fourth-order valence-electron chi connectivity index (χ4n) is 2.66. The Hall–Kier alpha value is -2.32. The Morgan fingerprint density at radius 3 is 2.83 bits per heavy atom. The summed E-state index contributed by atoms with van der Waals surface area (Å²) in [5, 5.41) is 19.4. The molecule has 1 fully saturated rings. The van der Waals surface area contributed by atoms with E-state index in [9.17, 15) is 14.9 Å². The van der Waals surface area contributed by atoms with Gasteiger partial charge >= 0.3 is 0 Å². The fraction of sp³-hybridized carbons (Fsp3) is 0.375. The second-order valence-corrected chi connectivity index (χ2v) is 6.75. The molecule has 1 saturated heterocycles. The molecule has 0 spiro atoms. The maximum atomic E-state index is 12.4. The van der Waals surface area contributed by atoms with Crippen LogP contribution >= 0.6 is 11.3 Å². The van der Waals surface area contributed by atoms with Crippen LogP contribution in [-0.2, 0) is 0 Å². The molecule has 1 amide bonds. The van der Waals surface area contributed by atoms with Crippen LogP contribution in [0.1, 0.15) is 23.8 Å². The van der Waals surface area contributed by atoms with E-state index >= 15 is 0 Å². The number of non-ortho nitro benzene ring substituents is 1. The van der Waals surface area contributed by atoms with E-state index in [1.807, 2.05) is 0 Å². The Morgan fingerprint density at radius 1 is 1.42 bits per heavy atom. The van der Waals surface area contributed by atoms with Crippen molar-refractivity contribution >= 4 is 22.9 Å². The number of hydrogen-bond donors (Lipinski definition) is 2. The highest BCUT2D eigenvalue weighted by atomic mass is 32.1. The van der Waals surface area contributed by atoms with E-state index in [4.69, 9.17) is 0 Å². The van der Waals surface area contributed by atoms with Crippen LogP contribution in [0.2, 0.25) is 0 Å². The number of nitro benzene ring substituents is 1. The molecule has 0 bridgehead atoms. The number of amides is 1. The Morgan fingerprint density at radius 2 is 2.17 bits per heavy atom. The number of nitrogens with zero attached hydrogens (tertiary/aromatic N) is 2. The van der Waals surface area contributed by atoms with Gasteiger partial charge in [-0.3, -0.25) is 14.9 Å². The average molecular weight is 346 g/mol. The molecular weight excluding hydrogens is 328 g/mol. The first-order valence-electron chi connectivity index (χ1n) is 7.76. The van der Waals surface area contributed by atoms with Gasteiger partial charge in [-0.1, -0.05) is 6.92 Å².